The van der Waals surface area contributed by atoms with Crippen LogP contribution in [0, 0.1) is 0 Å². The Morgan fingerprint density at radius 1 is 1.23 bits per heavy atom. The smallest absolute Gasteiger partial charge is 0.265 e. The fraction of sp³-hybridized carbons (Fsp3) is 0.267. The maximum Gasteiger partial charge on any atom is 0.265 e. The van der Waals surface area contributed by atoms with Crippen LogP contribution >= 0.6 is 50.6 Å². The van der Waals surface area contributed by atoms with E-state index in [-0.39, 0.29) is 5.91 Å². The Bertz CT molecular complexity index is 686. The summed E-state index contributed by atoms with van der Waals surface area (Å²) in [5.41, 5.74) is 1.81. The van der Waals surface area contributed by atoms with E-state index < -0.39 is 0 Å². The first-order valence-electron chi connectivity index (χ1n) is 6.82. The molecule has 1 fully saturated rings. The summed E-state index contributed by atoms with van der Waals surface area (Å²) in [6, 6.07) is 9.36. The SMILES string of the molecule is O=C(Nc1cc(Cl)ccc1N1CCSCC1)c1ccc(Br)s1. The molecule has 1 aromatic carbocycles. The molecule has 3 rings (SSSR count). The summed E-state index contributed by atoms with van der Waals surface area (Å²) >= 11 is 12.9. The van der Waals surface area contributed by atoms with Gasteiger partial charge in [0.2, 0.25) is 0 Å². The maximum absolute atomic E-state index is 12.4. The molecule has 1 aromatic heterocycles. The van der Waals surface area contributed by atoms with Crippen LogP contribution in [0.1, 0.15) is 9.67 Å². The highest BCUT2D eigenvalue weighted by molar-refractivity contribution is 9.11. The van der Waals surface area contributed by atoms with Crippen LogP contribution in [0.15, 0.2) is 34.1 Å². The van der Waals surface area contributed by atoms with Crippen molar-refractivity contribution in [3.05, 3.63) is 44.0 Å². The topological polar surface area (TPSA) is 32.3 Å². The Morgan fingerprint density at radius 2 is 2.00 bits per heavy atom. The van der Waals surface area contributed by atoms with Crippen molar-refractivity contribution in [2.24, 2.45) is 0 Å². The van der Waals surface area contributed by atoms with E-state index in [1.165, 1.54) is 11.3 Å². The average Bonchev–Trinajstić information content (AvgIpc) is 2.95. The lowest BCUT2D eigenvalue weighted by Gasteiger charge is -2.30. The largest absolute Gasteiger partial charge is 0.368 e. The zero-order valence-electron chi connectivity index (χ0n) is 11.6. The molecule has 0 radical (unpaired) electrons. The van der Waals surface area contributed by atoms with Crippen molar-refractivity contribution in [1.29, 1.82) is 0 Å². The molecule has 116 valence electrons. The van der Waals surface area contributed by atoms with Crippen LogP contribution in [0.2, 0.25) is 5.02 Å². The first-order chi connectivity index (χ1) is 10.6. The molecular formula is C15H14BrClN2OS2. The van der Waals surface area contributed by atoms with Crippen LogP contribution in [0.3, 0.4) is 0 Å². The lowest BCUT2D eigenvalue weighted by Crippen LogP contribution is -2.33. The van der Waals surface area contributed by atoms with E-state index >= 15 is 0 Å². The summed E-state index contributed by atoms with van der Waals surface area (Å²) in [6.07, 6.45) is 0. The van der Waals surface area contributed by atoms with E-state index in [1.54, 1.807) is 0 Å². The molecule has 1 N–H and O–H groups in total. The molecule has 3 nitrogen and oxygen atoms in total. The van der Waals surface area contributed by atoms with Gasteiger partial charge in [-0.05, 0) is 46.3 Å². The number of rotatable bonds is 3. The number of thioether (sulfide) groups is 1. The molecule has 0 unspecified atom stereocenters. The number of carbonyl (C=O) groups excluding carboxylic acids is 1. The van der Waals surface area contributed by atoms with Crippen LogP contribution in [-0.4, -0.2) is 30.5 Å². The number of amides is 1. The average molecular weight is 418 g/mol. The van der Waals surface area contributed by atoms with Gasteiger partial charge in [-0.3, -0.25) is 4.79 Å². The molecule has 1 saturated heterocycles. The van der Waals surface area contributed by atoms with Gasteiger partial charge in [-0.15, -0.1) is 11.3 Å². The lowest BCUT2D eigenvalue weighted by atomic mass is 10.2. The van der Waals surface area contributed by atoms with Crippen molar-refractivity contribution in [2.75, 3.05) is 34.8 Å². The molecule has 2 heterocycles. The third kappa shape index (κ3) is 3.79. The quantitative estimate of drug-likeness (QED) is 0.765. The van der Waals surface area contributed by atoms with Gasteiger partial charge in [-0.1, -0.05) is 11.6 Å². The van der Waals surface area contributed by atoms with Gasteiger partial charge in [0.1, 0.15) is 0 Å². The number of thiophene rings is 1. The lowest BCUT2D eigenvalue weighted by molar-refractivity contribution is 0.103. The summed E-state index contributed by atoms with van der Waals surface area (Å²) < 4.78 is 0.942. The van der Waals surface area contributed by atoms with Crippen LogP contribution in [0.25, 0.3) is 0 Å². The van der Waals surface area contributed by atoms with E-state index in [2.05, 4.69) is 26.1 Å². The fourth-order valence-corrected chi connectivity index (χ4v) is 4.67. The van der Waals surface area contributed by atoms with Crippen molar-refractivity contribution in [3.63, 3.8) is 0 Å². The first kappa shape index (κ1) is 16.2. The Labute approximate surface area is 151 Å². The Kier molecular flexibility index (Phi) is 5.33. The second-order valence-electron chi connectivity index (χ2n) is 4.82. The second kappa shape index (κ2) is 7.25. The predicted molar refractivity (Wildman–Crippen MR) is 101 cm³/mol. The van der Waals surface area contributed by atoms with Crippen LogP contribution < -0.4 is 10.2 Å². The van der Waals surface area contributed by atoms with E-state index in [0.717, 1.165) is 39.8 Å². The number of anilines is 2. The fourth-order valence-electron chi connectivity index (χ4n) is 2.31. The van der Waals surface area contributed by atoms with Gasteiger partial charge in [-0.2, -0.15) is 11.8 Å². The van der Waals surface area contributed by atoms with Gasteiger partial charge < -0.3 is 10.2 Å². The molecule has 1 aliphatic rings. The molecule has 0 spiro atoms. The number of carbonyl (C=O) groups is 1. The van der Waals surface area contributed by atoms with E-state index in [9.17, 15) is 4.79 Å². The molecule has 0 bridgehead atoms. The van der Waals surface area contributed by atoms with E-state index in [0.29, 0.717) is 9.90 Å². The summed E-state index contributed by atoms with van der Waals surface area (Å²) in [6.45, 7) is 1.97. The molecule has 2 aromatic rings. The molecule has 1 amide bonds. The summed E-state index contributed by atoms with van der Waals surface area (Å²) in [4.78, 5) is 15.4. The van der Waals surface area contributed by atoms with Crippen molar-refractivity contribution in [3.8, 4) is 0 Å². The van der Waals surface area contributed by atoms with Crippen LogP contribution in [-0.2, 0) is 0 Å². The first-order valence-corrected chi connectivity index (χ1v) is 9.96. The third-order valence-electron chi connectivity index (χ3n) is 3.36. The second-order valence-corrected chi connectivity index (χ2v) is 8.94. The van der Waals surface area contributed by atoms with Gasteiger partial charge in [0, 0.05) is 29.6 Å². The Hall–Kier alpha value is -0.690. The molecule has 22 heavy (non-hydrogen) atoms. The minimum absolute atomic E-state index is 0.106. The standard InChI is InChI=1S/C15H14BrClN2OS2/c16-14-4-3-13(22-14)15(20)18-11-9-10(17)1-2-12(11)19-5-7-21-8-6-19/h1-4,9H,5-8H2,(H,18,20). The summed E-state index contributed by atoms with van der Waals surface area (Å²) in [5.74, 6) is 2.10. The highest BCUT2D eigenvalue weighted by Gasteiger charge is 2.17. The van der Waals surface area contributed by atoms with Crippen LogP contribution in [0.4, 0.5) is 11.4 Å². The molecule has 0 atom stereocenters. The van der Waals surface area contributed by atoms with E-state index in [1.807, 2.05) is 42.1 Å². The van der Waals surface area contributed by atoms with Crippen LogP contribution in [0.5, 0.6) is 0 Å². The van der Waals surface area contributed by atoms with Gasteiger partial charge in [0.15, 0.2) is 0 Å². The number of benzene rings is 1. The van der Waals surface area contributed by atoms with Crippen molar-refractivity contribution < 1.29 is 4.79 Å². The number of halogens is 2. The Balaban J connectivity index is 1.85. The van der Waals surface area contributed by atoms with Gasteiger partial charge in [0.05, 0.1) is 20.0 Å². The number of hydrogen-bond donors (Lipinski definition) is 1. The number of nitrogens with zero attached hydrogens (tertiary/aromatic N) is 1. The zero-order valence-corrected chi connectivity index (χ0v) is 15.6. The minimum atomic E-state index is -0.106. The molecule has 0 saturated carbocycles. The van der Waals surface area contributed by atoms with Crippen molar-refractivity contribution >= 4 is 67.9 Å². The number of nitrogens with one attached hydrogen (secondary N) is 1. The maximum atomic E-state index is 12.4. The minimum Gasteiger partial charge on any atom is -0.368 e. The monoisotopic (exact) mass is 416 g/mol. The molecular weight excluding hydrogens is 404 g/mol. The number of hydrogen-bond acceptors (Lipinski definition) is 4. The molecule has 0 aliphatic carbocycles. The highest BCUT2D eigenvalue weighted by atomic mass is 79.9. The van der Waals surface area contributed by atoms with Gasteiger partial charge in [0.25, 0.3) is 5.91 Å². The molecule has 1 aliphatic heterocycles. The summed E-state index contributed by atoms with van der Waals surface area (Å²) in [5, 5.41) is 3.62. The molecule has 7 heteroatoms. The van der Waals surface area contributed by atoms with Gasteiger partial charge in [-0.25, -0.2) is 0 Å². The predicted octanol–water partition coefficient (Wildman–Crippen LogP) is 4.97. The summed E-state index contributed by atoms with van der Waals surface area (Å²) in [7, 11) is 0. The van der Waals surface area contributed by atoms with E-state index in [4.69, 9.17) is 11.6 Å². The van der Waals surface area contributed by atoms with Crippen molar-refractivity contribution in [1.82, 2.24) is 0 Å². The Morgan fingerprint density at radius 3 is 2.68 bits per heavy atom. The normalized spacial score (nSPS) is 14.9. The van der Waals surface area contributed by atoms with Crippen molar-refractivity contribution in [2.45, 2.75) is 0 Å². The third-order valence-corrected chi connectivity index (χ3v) is 6.16. The van der Waals surface area contributed by atoms with Gasteiger partial charge >= 0.3 is 0 Å². The zero-order chi connectivity index (χ0) is 15.5. The highest BCUT2D eigenvalue weighted by Crippen LogP contribution is 2.32.